The minimum absolute atomic E-state index is 0.115. The molecule has 0 aliphatic heterocycles. The Balaban J connectivity index is 2.18. The van der Waals surface area contributed by atoms with Crippen LogP contribution in [0.2, 0.25) is 0 Å². The van der Waals surface area contributed by atoms with E-state index in [0.717, 1.165) is 0 Å². The minimum Gasteiger partial charge on any atom is -0.497 e. The Morgan fingerprint density at radius 3 is 2.48 bits per heavy atom. The predicted molar refractivity (Wildman–Crippen MR) is 94.3 cm³/mol. The molecule has 2 N–H and O–H groups in total. The Morgan fingerprint density at radius 2 is 1.84 bits per heavy atom. The van der Waals surface area contributed by atoms with Crippen molar-refractivity contribution in [3.63, 3.8) is 0 Å². The number of carbonyl (C=O) groups is 2. The molecule has 130 valence electrons. The van der Waals surface area contributed by atoms with Gasteiger partial charge in [-0.2, -0.15) is 0 Å². The van der Waals surface area contributed by atoms with E-state index in [4.69, 9.17) is 9.47 Å². The fraction of sp³-hybridized carbons (Fsp3) is 0.167. The highest BCUT2D eigenvalue weighted by molar-refractivity contribution is 6.04. The highest BCUT2D eigenvalue weighted by Crippen LogP contribution is 2.29. The van der Waals surface area contributed by atoms with Crippen molar-refractivity contribution in [2.75, 3.05) is 26.1 Å². The molecule has 0 saturated carbocycles. The van der Waals surface area contributed by atoms with Crippen LogP contribution >= 0.6 is 0 Å². The maximum absolute atomic E-state index is 12.4. The lowest BCUT2D eigenvalue weighted by Gasteiger charge is -2.11. The van der Waals surface area contributed by atoms with Gasteiger partial charge in [-0.25, -0.2) is 4.98 Å². The highest BCUT2D eigenvalue weighted by Gasteiger charge is 2.14. The quantitative estimate of drug-likeness (QED) is 0.754. The molecule has 25 heavy (non-hydrogen) atoms. The van der Waals surface area contributed by atoms with E-state index in [2.05, 4.69) is 22.2 Å². The summed E-state index contributed by atoms with van der Waals surface area (Å²) < 4.78 is 10.4. The third-order valence-corrected chi connectivity index (χ3v) is 3.28. The molecule has 7 heteroatoms. The molecule has 1 heterocycles. The highest BCUT2D eigenvalue weighted by atomic mass is 16.5. The first-order valence-corrected chi connectivity index (χ1v) is 7.48. The van der Waals surface area contributed by atoms with Crippen LogP contribution in [0.3, 0.4) is 0 Å². The van der Waals surface area contributed by atoms with E-state index < -0.39 is 5.91 Å². The van der Waals surface area contributed by atoms with Crippen LogP contribution in [0.4, 0.5) is 5.69 Å². The van der Waals surface area contributed by atoms with Crippen LogP contribution in [0.15, 0.2) is 49.1 Å². The molecular weight excluding hydrogens is 322 g/mol. The van der Waals surface area contributed by atoms with Crippen LogP contribution in [0.5, 0.6) is 11.5 Å². The third kappa shape index (κ3) is 4.57. The van der Waals surface area contributed by atoms with E-state index >= 15 is 0 Å². The summed E-state index contributed by atoms with van der Waals surface area (Å²) in [5.41, 5.74) is 0.733. The molecule has 1 aromatic heterocycles. The maximum atomic E-state index is 12.4. The molecule has 0 atom stereocenters. The van der Waals surface area contributed by atoms with Crippen LogP contribution in [0.1, 0.15) is 21.0 Å². The number of nitrogens with one attached hydrogen (secondary N) is 2. The van der Waals surface area contributed by atoms with Gasteiger partial charge in [-0.05, 0) is 24.3 Å². The lowest BCUT2D eigenvalue weighted by molar-refractivity contribution is 0.0953. The summed E-state index contributed by atoms with van der Waals surface area (Å²) in [4.78, 5) is 28.4. The summed E-state index contributed by atoms with van der Waals surface area (Å²) >= 11 is 0. The number of hydrogen-bond donors (Lipinski definition) is 2. The molecule has 0 fully saturated rings. The Labute approximate surface area is 145 Å². The summed E-state index contributed by atoms with van der Waals surface area (Å²) in [5, 5.41) is 5.32. The average molecular weight is 341 g/mol. The van der Waals surface area contributed by atoms with Gasteiger partial charge in [-0.15, -0.1) is 6.58 Å². The van der Waals surface area contributed by atoms with E-state index in [1.807, 2.05) is 0 Å². The number of rotatable bonds is 7. The van der Waals surface area contributed by atoms with Crippen molar-refractivity contribution < 1.29 is 19.1 Å². The second kappa shape index (κ2) is 8.49. The van der Waals surface area contributed by atoms with Crippen molar-refractivity contribution in [3.05, 3.63) is 60.4 Å². The van der Waals surface area contributed by atoms with Crippen molar-refractivity contribution >= 4 is 17.5 Å². The monoisotopic (exact) mass is 341 g/mol. The van der Waals surface area contributed by atoms with E-state index in [1.54, 1.807) is 37.5 Å². The normalized spacial score (nSPS) is 9.84. The number of aromatic nitrogens is 1. The summed E-state index contributed by atoms with van der Waals surface area (Å²) in [5.74, 6) is 0.222. The summed E-state index contributed by atoms with van der Waals surface area (Å²) in [7, 11) is 3.03. The van der Waals surface area contributed by atoms with Gasteiger partial charge >= 0.3 is 0 Å². The molecule has 0 unspecified atom stereocenters. The SMILES string of the molecule is C=CCNC(=O)c1cccc(C(=O)Nc2ccc(OC)cc2OC)n1. The molecular formula is C18H19N3O4. The summed E-state index contributed by atoms with van der Waals surface area (Å²) in [6.45, 7) is 3.85. The Morgan fingerprint density at radius 1 is 1.12 bits per heavy atom. The van der Waals surface area contributed by atoms with Gasteiger partial charge in [0.25, 0.3) is 11.8 Å². The zero-order valence-electron chi connectivity index (χ0n) is 14.0. The van der Waals surface area contributed by atoms with E-state index in [9.17, 15) is 9.59 Å². The topological polar surface area (TPSA) is 89.6 Å². The van der Waals surface area contributed by atoms with Crippen LogP contribution in [-0.2, 0) is 0 Å². The molecule has 2 amide bonds. The molecule has 0 radical (unpaired) electrons. The summed E-state index contributed by atoms with van der Waals surface area (Å²) in [6, 6.07) is 9.66. The van der Waals surface area contributed by atoms with Crippen LogP contribution in [0, 0.1) is 0 Å². The van der Waals surface area contributed by atoms with Gasteiger partial charge in [-0.3, -0.25) is 9.59 Å². The first-order chi connectivity index (χ1) is 12.1. The number of amides is 2. The van der Waals surface area contributed by atoms with Crippen LogP contribution in [-0.4, -0.2) is 37.6 Å². The maximum Gasteiger partial charge on any atom is 0.274 e. The van der Waals surface area contributed by atoms with Crippen molar-refractivity contribution in [2.45, 2.75) is 0 Å². The number of pyridine rings is 1. The van der Waals surface area contributed by atoms with Gasteiger partial charge in [0.2, 0.25) is 0 Å². The van der Waals surface area contributed by atoms with Crippen molar-refractivity contribution in [1.29, 1.82) is 0 Å². The molecule has 2 rings (SSSR count). The fourth-order valence-electron chi connectivity index (χ4n) is 2.03. The number of hydrogen-bond acceptors (Lipinski definition) is 5. The van der Waals surface area contributed by atoms with Gasteiger partial charge in [0.05, 0.1) is 19.9 Å². The third-order valence-electron chi connectivity index (χ3n) is 3.28. The van der Waals surface area contributed by atoms with Crippen molar-refractivity contribution in [3.8, 4) is 11.5 Å². The van der Waals surface area contributed by atoms with Crippen LogP contribution < -0.4 is 20.1 Å². The van der Waals surface area contributed by atoms with Gasteiger partial charge in [0.15, 0.2) is 0 Å². The lowest BCUT2D eigenvalue weighted by atomic mass is 10.2. The smallest absolute Gasteiger partial charge is 0.274 e. The zero-order chi connectivity index (χ0) is 18.2. The van der Waals surface area contributed by atoms with E-state index in [-0.39, 0.29) is 17.3 Å². The number of anilines is 1. The van der Waals surface area contributed by atoms with E-state index in [1.165, 1.54) is 19.2 Å². The first-order valence-electron chi connectivity index (χ1n) is 7.48. The van der Waals surface area contributed by atoms with Gasteiger partial charge in [-0.1, -0.05) is 12.1 Å². The molecule has 0 saturated heterocycles. The van der Waals surface area contributed by atoms with Crippen LogP contribution in [0.25, 0.3) is 0 Å². The molecule has 0 aliphatic rings. The second-order valence-corrected chi connectivity index (χ2v) is 4.93. The molecule has 0 bridgehead atoms. The molecule has 0 spiro atoms. The number of benzene rings is 1. The fourth-order valence-corrected chi connectivity index (χ4v) is 2.03. The van der Waals surface area contributed by atoms with E-state index in [0.29, 0.717) is 23.7 Å². The summed E-state index contributed by atoms with van der Waals surface area (Å²) in [6.07, 6.45) is 1.56. The Hall–Kier alpha value is -3.35. The zero-order valence-corrected chi connectivity index (χ0v) is 14.0. The van der Waals surface area contributed by atoms with Crippen molar-refractivity contribution in [1.82, 2.24) is 10.3 Å². The number of nitrogens with zero attached hydrogens (tertiary/aromatic N) is 1. The number of methoxy groups -OCH3 is 2. The second-order valence-electron chi connectivity index (χ2n) is 4.93. The molecule has 7 nitrogen and oxygen atoms in total. The lowest BCUT2D eigenvalue weighted by Crippen LogP contribution is -2.25. The molecule has 0 aliphatic carbocycles. The van der Waals surface area contributed by atoms with Crippen molar-refractivity contribution in [2.24, 2.45) is 0 Å². The van der Waals surface area contributed by atoms with Gasteiger partial charge in [0, 0.05) is 12.6 Å². The minimum atomic E-state index is -0.457. The standard InChI is InChI=1S/C18H19N3O4/c1-4-10-19-17(22)14-6-5-7-15(20-14)18(23)21-13-9-8-12(24-2)11-16(13)25-3/h4-9,11H,1,10H2,2-3H3,(H,19,22)(H,21,23). The first kappa shape index (κ1) is 18.0. The van der Waals surface area contributed by atoms with Gasteiger partial charge < -0.3 is 20.1 Å². The largest absolute Gasteiger partial charge is 0.497 e. The number of carbonyl (C=O) groups excluding carboxylic acids is 2. The van der Waals surface area contributed by atoms with Gasteiger partial charge in [0.1, 0.15) is 22.9 Å². The Bertz CT molecular complexity index is 790. The average Bonchev–Trinajstić information content (AvgIpc) is 2.66. The number of ether oxygens (including phenoxy) is 2. The molecule has 2 aromatic rings. The predicted octanol–water partition coefficient (Wildman–Crippen LogP) is 2.27. The Kier molecular flexibility index (Phi) is 6.11. The molecule has 1 aromatic carbocycles.